The van der Waals surface area contributed by atoms with E-state index in [-0.39, 0.29) is 28.6 Å². The zero-order valence-electron chi connectivity index (χ0n) is 19.1. The number of methoxy groups -OCH3 is 1. The maximum absolute atomic E-state index is 15.0. The molecule has 6 nitrogen and oxygen atoms in total. The number of halogens is 2. The number of aromatic nitrogens is 1. The lowest BCUT2D eigenvalue weighted by atomic mass is 10.1. The van der Waals surface area contributed by atoms with E-state index in [1.807, 2.05) is 13.0 Å². The predicted molar refractivity (Wildman–Crippen MR) is 124 cm³/mol. The van der Waals surface area contributed by atoms with Crippen molar-refractivity contribution in [1.82, 2.24) is 9.88 Å². The van der Waals surface area contributed by atoms with Gasteiger partial charge in [-0.1, -0.05) is 0 Å². The quantitative estimate of drug-likeness (QED) is 0.533. The van der Waals surface area contributed by atoms with Gasteiger partial charge < -0.3 is 19.3 Å². The highest BCUT2D eigenvalue weighted by Gasteiger charge is 2.53. The second kappa shape index (κ2) is 8.59. The van der Waals surface area contributed by atoms with Crippen LogP contribution in [0.3, 0.4) is 0 Å². The Morgan fingerprint density at radius 3 is 2.44 bits per heavy atom. The van der Waals surface area contributed by atoms with Crippen LogP contribution in [0.5, 0.6) is 17.2 Å². The van der Waals surface area contributed by atoms with Crippen molar-refractivity contribution in [2.24, 2.45) is 0 Å². The van der Waals surface area contributed by atoms with Crippen LogP contribution in [0, 0.1) is 18.6 Å². The highest BCUT2D eigenvalue weighted by molar-refractivity contribution is 5.95. The molecule has 0 bridgehead atoms. The van der Waals surface area contributed by atoms with E-state index in [0.29, 0.717) is 25.4 Å². The van der Waals surface area contributed by atoms with Crippen LogP contribution >= 0.6 is 0 Å². The number of carbonyl (C=O) groups excluding carboxylic acids is 1. The largest absolute Gasteiger partial charge is 0.494 e. The van der Waals surface area contributed by atoms with Crippen molar-refractivity contribution in [3.63, 3.8) is 0 Å². The first kappa shape index (κ1) is 22.1. The maximum Gasteiger partial charge on any atom is 0.257 e. The van der Waals surface area contributed by atoms with Crippen LogP contribution in [0.4, 0.5) is 14.5 Å². The van der Waals surface area contributed by atoms with E-state index in [4.69, 9.17) is 9.47 Å². The summed E-state index contributed by atoms with van der Waals surface area (Å²) >= 11 is 0. The lowest BCUT2D eigenvalue weighted by molar-refractivity contribution is 0.0619. The van der Waals surface area contributed by atoms with E-state index < -0.39 is 5.82 Å². The summed E-state index contributed by atoms with van der Waals surface area (Å²) in [5.74, 6) is 0.0280. The second-order valence-electron chi connectivity index (χ2n) is 8.80. The van der Waals surface area contributed by atoms with Crippen molar-refractivity contribution in [3.05, 3.63) is 77.6 Å². The van der Waals surface area contributed by atoms with Crippen LogP contribution in [0.25, 0.3) is 0 Å². The van der Waals surface area contributed by atoms with Crippen molar-refractivity contribution in [3.8, 4) is 17.2 Å². The van der Waals surface area contributed by atoms with Gasteiger partial charge in [0.25, 0.3) is 5.91 Å². The zero-order valence-corrected chi connectivity index (χ0v) is 19.1. The maximum atomic E-state index is 15.0. The lowest BCUT2D eigenvalue weighted by Gasteiger charge is -2.43. The summed E-state index contributed by atoms with van der Waals surface area (Å²) in [7, 11) is 1.64. The number of hydrogen-bond donors (Lipinski definition) is 0. The Morgan fingerprint density at radius 2 is 1.76 bits per heavy atom. The number of anilines is 1. The summed E-state index contributed by atoms with van der Waals surface area (Å²) in [4.78, 5) is 21.7. The van der Waals surface area contributed by atoms with Gasteiger partial charge in [-0.25, -0.2) is 8.78 Å². The van der Waals surface area contributed by atoms with Crippen LogP contribution in [0.15, 0.2) is 54.7 Å². The Kier molecular flexibility index (Phi) is 5.59. The molecule has 0 N–H and O–H groups in total. The average molecular weight is 466 g/mol. The van der Waals surface area contributed by atoms with Crippen LogP contribution in [-0.2, 0) is 0 Å². The van der Waals surface area contributed by atoms with Gasteiger partial charge in [0.05, 0.1) is 30.1 Å². The number of amides is 1. The Hall–Kier alpha value is -3.68. The topological polar surface area (TPSA) is 54.9 Å². The third-order valence-corrected chi connectivity index (χ3v) is 6.49. The number of piperazine rings is 1. The van der Waals surface area contributed by atoms with E-state index in [1.165, 1.54) is 36.4 Å². The fourth-order valence-corrected chi connectivity index (χ4v) is 4.52. The van der Waals surface area contributed by atoms with Crippen molar-refractivity contribution in [2.75, 3.05) is 31.6 Å². The molecule has 1 saturated carbocycles. The van der Waals surface area contributed by atoms with E-state index in [9.17, 15) is 13.6 Å². The molecule has 0 radical (unpaired) electrons. The zero-order chi connectivity index (χ0) is 23.9. The van der Waals surface area contributed by atoms with Crippen molar-refractivity contribution >= 4 is 11.6 Å². The summed E-state index contributed by atoms with van der Waals surface area (Å²) in [6.07, 6.45) is 3.54. The number of pyridine rings is 1. The molecule has 0 unspecified atom stereocenters. The summed E-state index contributed by atoms with van der Waals surface area (Å²) in [5.41, 5.74) is 1.47. The molecule has 5 rings (SSSR count). The van der Waals surface area contributed by atoms with E-state index in [2.05, 4.69) is 9.88 Å². The summed E-state index contributed by atoms with van der Waals surface area (Å²) < 4.78 is 39.2. The predicted octanol–water partition coefficient (Wildman–Crippen LogP) is 4.96. The smallest absolute Gasteiger partial charge is 0.257 e. The van der Waals surface area contributed by atoms with E-state index >= 15 is 0 Å². The fourth-order valence-electron chi connectivity index (χ4n) is 4.52. The molecular weight excluding hydrogens is 440 g/mol. The minimum absolute atomic E-state index is 0.0146. The number of carbonyl (C=O) groups is 1. The Labute approximate surface area is 196 Å². The van der Waals surface area contributed by atoms with Crippen molar-refractivity contribution in [1.29, 1.82) is 0 Å². The van der Waals surface area contributed by atoms with Gasteiger partial charge in [0.1, 0.15) is 28.9 Å². The standard InChI is InChI=1S/C26H25F2N3O3/c1-17-13-24(33-2)23(15-29-17)30-11-12-31(26(16-30)9-10-26)25(32)21-8-7-20(14-22(21)28)34-19-5-3-18(27)4-6-19/h3-8,13-15H,9-12,16H2,1-2H3. The molecule has 1 aromatic heterocycles. The summed E-state index contributed by atoms with van der Waals surface area (Å²) in [6.45, 7) is 3.63. The lowest BCUT2D eigenvalue weighted by Crippen LogP contribution is -2.57. The van der Waals surface area contributed by atoms with E-state index in [1.54, 1.807) is 24.3 Å². The van der Waals surface area contributed by atoms with Gasteiger partial charge in [-0.2, -0.15) is 0 Å². The molecule has 2 aromatic carbocycles. The van der Waals surface area contributed by atoms with Gasteiger partial charge in [-0.15, -0.1) is 0 Å². The molecule has 1 saturated heterocycles. The molecule has 1 amide bonds. The normalized spacial score (nSPS) is 16.5. The third kappa shape index (κ3) is 4.16. The minimum Gasteiger partial charge on any atom is -0.494 e. The SMILES string of the molecule is COc1cc(C)ncc1N1CCN(C(=O)c2ccc(Oc3ccc(F)cc3)cc2F)C2(CC2)C1. The number of hydrogen-bond acceptors (Lipinski definition) is 5. The number of benzene rings is 2. The Bertz CT molecular complexity index is 1230. The number of aryl methyl sites for hydroxylation is 1. The fraction of sp³-hybridized carbons (Fsp3) is 0.308. The molecule has 1 aliphatic carbocycles. The second-order valence-corrected chi connectivity index (χ2v) is 8.80. The van der Waals surface area contributed by atoms with E-state index in [0.717, 1.165) is 30.0 Å². The van der Waals surface area contributed by atoms with Crippen molar-refractivity contribution in [2.45, 2.75) is 25.3 Å². The molecule has 3 aromatic rings. The molecule has 2 fully saturated rings. The van der Waals surface area contributed by atoms with Crippen LogP contribution in [0.1, 0.15) is 28.9 Å². The van der Waals surface area contributed by atoms with Gasteiger partial charge in [-0.05, 0) is 56.2 Å². The number of rotatable bonds is 5. The first-order chi connectivity index (χ1) is 16.4. The van der Waals surface area contributed by atoms with Gasteiger partial charge in [0, 0.05) is 37.5 Å². The number of nitrogens with zero attached hydrogens (tertiary/aromatic N) is 3. The van der Waals surface area contributed by atoms with Gasteiger partial charge in [0.2, 0.25) is 0 Å². The van der Waals surface area contributed by atoms with Gasteiger partial charge in [0.15, 0.2) is 0 Å². The molecule has 1 spiro atoms. The molecule has 34 heavy (non-hydrogen) atoms. The Balaban J connectivity index is 1.32. The van der Waals surface area contributed by atoms with Crippen LogP contribution in [0.2, 0.25) is 0 Å². The summed E-state index contributed by atoms with van der Waals surface area (Å²) in [5, 5.41) is 0. The molecular formula is C26H25F2N3O3. The average Bonchev–Trinajstić information content (AvgIpc) is 3.59. The van der Waals surface area contributed by atoms with Gasteiger partial charge >= 0.3 is 0 Å². The third-order valence-electron chi connectivity index (χ3n) is 6.49. The minimum atomic E-state index is -0.646. The molecule has 2 aliphatic rings. The highest BCUT2D eigenvalue weighted by Crippen LogP contribution is 2.46. The van der Waals surface area contributed by atoms with Crippen LogP contribution < -0.4 is 14.4 Å². The molecule has 8 heteroatoms. The van der Waals surface area contributed by atoms with Gasteiger partial charge in [-0.3, -0.25) is 9.78 Å². The molecule has 2 heterocycles. The first-order valence-corrected chi connectivity index (χ1v) is 11.2. The monoisotopic (exact) mass is 465 g/mol. The Morgan fingerprint density at radius 1 is 1.03 bits per heavy atom. The van der Waals surface area contributed by atoms with Crippen LogP contribution in [-0.4, -0.2) is 48.1 Å². The molecule has 176 valence electrons. The summed E-state index contributed by atoms with van der Waals surface area (Å²) in [6, 6.07) is 11.5. The highest BCUT2D eigenvalue weighted by atomic mass is 19.1. The molecule has 0 atom stereocenters. The first-order valence-electron chi connectivity index (χ1n) is 11.2. The number of ether oxygens (including phenoxy) is 2. The molecule has 1 aliphatic heterocycles. The van der Waals surface area contributed by atoms with Crippen molar-refractivity contribution < 1.29 is 23.0 Å².